The molecule has 0 aliphatic carbocycles. The Balaban J connectivity index is 2.24. The van der Waals surface area contributed by atoms with Gasteiger partial charge in [-0.3, -0.25) is 4.79 Å². The van der Waals surface area contributed by atoms with E-state index >= 15 is 0 Å². The average Bonchev–Trinajstić information content (AvgIpc) is 2.93. The molecule has 1 amide bonds. The summed E-state index contributed by atoms with van der Waals surface area (Å²) in [6.07, 6.45) is 0. The largest absolute Gasteiger partial charge is 0.395 e. The number of thiophene rings is 1. The van der Waals surface area contributed by atoms with Crippen molar-refractivity contribution in [3.05, 3.63) is 56.7 Å². The number of aliphatic hydroxyl groups is 1. The Kier molecular flexibility index (Phi) is 5.17. The summed E-state index contributed by atoms with van der Waals surface area (Å²) in [5.74, 6) is -0.152. The standard InChI is InChI=1S/C15H16ClNO2S/c1-11-4-5-14(16)13(9-11)15(19)17(6-7-18)10-12-3-2-8-20-12/h2-5,8-9,18H,6-7,10H2,1H3. The minimum Gasteiger partial charge on any atom is -0.395 e. The number of amides is 1. The van der Waals surface area contributed by atoms with Crippen LogP contribution < -0.4 is 0 Å². The predicted molar refractivity (Wildman–Crippen MR) is 82.3 cm³/mol. The van der Waals surface area contributed by atoms with Crippen LogP contribution in [-0.4, -0.2) is 29.1 Å². The Bertz CT molecular complexity index is 584. The van der Waals surface area contributed by atoms with Gasteiger partial charge in [-0.1, -0.05) is 29.3 Å². The first-order valence-corrected chi connectivity index (χ1v) is 7.56. The highest BCUT2D eigenvalue weighted by Crippen LogP contribution is 2.21. The lowest BCUT2D eigenvalue weighted by Gasteiger charge is -2.22. The number of carbonyl (C=O) groups is 1. The summed E-state index contributed by atoms with van der Waals surface area (Å²) in [7, 11) is 0. The second kappa shape index (κ2) is 6.88. The first-order chi connectivity index (χ1) is 9.61. The molecule has 20 heavy (non-hydrogen) atoms. The number of aliphatic hydroxyl groups excluding tert-OH is 1. The van der Waals surface area contributed by atoms with Gasteiger partial charge >= 0.3 is 0 Å². The van der Waals surface area contributed by atoms with Crippen molar-refractivity contribution >= 4 is 28.8 Å². The molecule has 5 heteroatoms. The highest BCUT2D eigenvalue weighted by molar-refractivity contribution is 7.09. The van der Waals surface area contributed by atoms with Gasteiger partial charge in [0.05, 0.1) is 23.7 Å². The van der Waals surface area contributed by atoms with Crippen molar-refractivity contribution in [3.63, 3.8) is 0 Å². The van der Waals surface area contributed by atoms with E-state index in [-0.39, 0.29) is 12.5 Å². The van der Waals surface area contributed by atoms with Crippen LogP contribution in [0.3, 0.4) is 0 Å². The van der Waals surface area contributed by atoms with Crippen LogP contribution in [0.4, 0.5) is 0 Å². The van der Waals surface area contributed by atoms with E-state index in [0.29, 0.717) is 23.7 Å². The maximum atomic E-state index is 12.6. The van der Waals surface area contributed by atoms with Gasteiger partial charge in [0.25, 0.3) is 5.91 Å². The van der Waals surface area contributed by atoms with Crippen LogP contribution in [0.5, 0.6) is 0 Å². The molecule has 2 aromatic rings. The van der Waals surface area contributed by atoms with Crippen molar-refractivity contribution in [2.24, 2.45) is 0 Å². The molecule has 2 rings (SSSR count). The molecule has 0 saturated heterocycles. The van der Waals surface area contributed by atoms with Crippen molar-refractivity contribution < 1.29 is 9.90 Å². The fraction of sp³-hybridized carbons (Fsp3) is 0.267. The van der Waals surface area contributed by atoms with E-state index in [2.05, 4.69) is 0 Å². The zero-order chi connectivity index (χ0) is 14.5. The maximum absolute atomic E-state index is 12.6. The Morgan fingerprint density at radius 1 is 1.40 bits per heavy atom. The lowest BCUT2D eigenvalue weighted by Crippen LogP contribution is -2.33. The first-order valence-electron chi connectivity index (χ1n) is 6.30. The Morgan fingerprint density at radius 2 is 2.20 bits per heavy atom. The van der Waals surface area contributed by atoms with E-state index in [1.54, 1.807) is 28.4 Å². The minimum absolute atomic E-state index is 0.0689. The van der Waals surface area contributed by atoms with E-state index in [9.17, 15) is 4.79 Å². The van der Waals surface area contributed by atoms with Crippen molar-refractivity contribution in [3.8, 4) is 0 Å². The summed E-state index contributed by atoms with van der Waals surface area (Å²) in [5.41, 5.74) is 1.47. The van der Waals surface area contributed by atoms with E-state index < -0.39 is 0 Å². The third kappa shape index (κ3) is 3.60. The Hall–Kier alpha value is -1.36. The van der Waals surface area contributed by atoms with Crippen LogP contribution in [0.25, 0.3) is 0 Å². The van der Waals surface area contributed by atoms with Gasteiger partial charge in [0.15, 0.2) is 0 Å². The van der Waals surface area contributed by atoms with Gasteiger partial charge < -0.3 is 10.0 Å². The first kappa shape index (κ1) is 15.0. The van der Waals surface area contributed by atoms with Gasteiger partial charge in [0.1, 0.15) is 0 Å². The summed E-state index contributed by atoms with van der Waals surface area (Å²) in [5, 5.41) is 11.6. The summed E-state index contributed by atoms with van der Waals surface area (Å²) >= 11 is 7.70. The van der Waals surface area contributed by atoms with E-state index in [0.717, 1.165) is 10.4 Å². The smallest absolute Gasteiger partial charge is 0.255 e. The molecule has 3 nitrogen and oxygen atoms in total. The van der Waals surface area contributed by atoms with Gasteiger partial charge in [-0.25, -0.2) is 0 Å². The van der Waals surface area contributed by atoms with Crippen LogP contribution in [0.1, 0.15) is 20.8 Å². The number of hydrogen-bond acceptors (Lipinski definition) is 3. The molecule has 1 aromatic heterocycles. The molecule has 0 aliphatic rings. The molecule has 1 aromatic carbocycles. The lowest BCUT2D eigenvalue weighted by atomic mass is 10.1. The van der Waals surface area contributed by atoms with Crippen LogP contribution in [0, 0.1) is 6.92 Å². The third-order valence-electron chi connectivity index (χ3n) is 2.94. The van der Waals surface area contributed by atoms with Gasteiger partial charge in [0, 0.05) is 11.4 Å². The molecule has 0 fully saturated rings. The predicted octanol–water partition coefficient (Wildman–Crippen LogP) is 3.34. The topological polar surface area (TPSA) is 40.5 Å². The molecule has 0 unspecified atom stereocenters. The zero-order valence-electron chi connectivity index (χ0n) is 11.2. The van der Waals surface area contributed by atoms with Crippen molar-refractivity contribution in [2.75, 3.05) is 13.2 Å². The van der Waals surface area contributed by atoms with Crippen LogP contribution >= 0.6 is 22.9 Å². The van der Waals surface area contributed by atoms with Crippen molar-refractivity contribution in [2.45, 2.75) is 13.5 Å². The highest BCUT2D eigenvalue weighted by Gasteiger charge is 2.18. The molecular weight excluding hydrogens is 294 g/mol. The SMILES string of the molecule is Cc1ccc(Cl)c(C(=O)N(CCO)Cc2cccs2)c1. The summed E-state index contributed by atoms with van der Waals surface area (Å²) in [6.45, 7) is 2.63. The van der Waals surface area contributed by atoms with Crippen LogP contribution in [-0.2, 0) is 6.54 Å². The van der Waals surface area contributed by atoms with Gasteiger partial charge in [0.2, 0.25) is 0 Å². The highest BCUT2D eigenvalue weighted by atomic mass is 35.5. The summed E-state index contributed by atoms with van der Waals surface area (Å²) in [6, 6.07) is 9.30. The molecule has 0 radical (unpaired) electrons. The Morgan fingerprint density at radius 3 is 2.85 bits per heavy atom. The second-order valence-corrected chi connectivity index (χ2v) is 5.95. The molecule has 0 saturated carbocycles. The number of rotatable bonds is 5. The van der Waals surface area contributed by atoms with Crippen molar-refractivity contribution in [1.82, 2.24) is 4.90 Å². The molecule has 0 atom stereocenters. The summed E-state index contributed by atoms with van der Waals surface area (Å²) in [4.78, 5) is 15.3. The summed E-state index contributed by atoms with van der Waals surface area (Å²) < 4.78 is 0. The molecule has 1 N–H and O–H groups in total. The monoisotopic (exact) mass is 309 g/mol. The van der Waals surface area contributed by atoms with E-state index in [4.69, 9.17) is 16.7 Å². The Labute approximate surface area is 127 Å². The second-order valence-electron chi connectivity index (χ2n) is 4.51. The molecule has 106 valence electrons. The number of hydrogen-bond donors (Lipinski definition) is 1. The molecular formula is C15H16ClNO2S. The van der Waals surface area contributed by atoms with Crippen LogP contribution in [0.15, 0.2) is 35.7 Å². The molecule has 1 heterocycles. The fourth-order valence-electron chi connectivity index (χ4n) is 1.94. The number of benzene rings is 1. The molecule has 0 spiro atoms. The van der Waals surface area contributed by atoms with E-state index in [1.807, 2.05) is 30.5 Å². The quantitative estimate of drug-likeness (QED) is 0.920. The van der Waals surface area contributed by atoms with E-state index in [1.165, 1.54) is 0 Å². The number of aryl methyl sites for hydroxylation is 1. The minimum atomic E-state index is -0.152. The normalized spacial score (nSPS) is 10.6. The molecule has 0 aliphatic heterocycles. The van der Waals surface area contributed by atoms with Gasteiger partial charge in [-0.2, -0.15) is 0 Å². The number of carbonyl (C=O) groups excluding carboxylic acids is 1. The van der Waals surface area contributed by atoms with Gasteiger partial charge in [-0.15, -0.1) is 11.3 Å². The third-order valence-corrected chi connectivity index (χ3v) is 4.13. The fourth-order valence-corrected chi connectivity index (χ4v) is 2.85. The van der Waals surface area contributed by atoms with Gasteiger partial charge in [-0.05, 0) is 30.5 Å². The zero-order valence-corrected chi connectivity index (χ0v) is 12.7. The average molecular weight is 310 g/mol. The van der Waals surface area contributed by atoms with Crippen molar-refractivity contribution in [1.29, 1.82) is 0 Å². The number of halogens is 1. The maximum Gasteiger partial charge on any atom is 0.255 e. The number of nitrogens with zero attached hydrogens (tertiary/aromatic N) is 1. The molecule has 0 bridgehead atoms. The lowest BCUT2D eigenvalue weighted by molar-refractivity contribution is 0.0710. The van der Waals surface area contributed by atoms with Crippen LogP contribution in [0.2, 0.25) is 5.02 Å².